The van der Waals surface area contributed by atoms with Crippen LogP contribution in [0.1, 0.15) is 32.8 Å². The molecule has 0 N–H and O–H groups in total. The first kappa shape index (κ1) is 16.0. The summed E-state index contributed by atoms with van der Waals surface area (Å²) < 4.78 is 6.88. The zero-order chi connectivity index (χ0) is 13.6. The Hall–Kier alpha value is -0.0500. The summed E-state index contributed by atoms with van der Waals surface area (Å²) in [6, 6.07) is 8.41. The Bertz CT molecular complexity index is 360. The van der Waals surface area contributed by atoms with E-state index in [1.807, 2.05) is 6.07 Å². The third kappa shape index (κ3) is 6.77. The van der Waals surface area contributed by atoms with Gasteiger partial charge in [0.25, 0.3) is 0 Å². The molecule has 0 amide bonds. The van der Waals surface area contributed by atoms with Crippen molar-refractivity contribution in [3.05, 3.63) is 34.3 Å². The predicted molar refractivity (Wildman–Crippen MR) is 82.4 cm³/mol. The van der Waals surface area contributed by atoms with E-state index in [1.54, 1.807) is 0 Å². The topological polar surface area (TPSA) is 9.23 Å². The Labute approximate surface area is 124 Å². The molecule has 0 aromatic heterocycles. The molecule has 0 fully saturated rings. The minimum absolute atomic E-state index is 0.0629. The molecule has 18 heavy (non-hydrogen) atoms. The SMILES string of the molecule is CC(C)(C)OCCC(CCl)Cc1cccc(Br)c1. The maximum Gasteiger partial charge on any atom is 0.0598 e. The highest BCUT2D eigenvalue weighted by Gasteiger charge is 2.13. The Morgan fingerprint density at radius 3 is 2.61 bits per heavy atom. The van der Waals surface area contributed by atoms with Crippen molar-refractivity contribution in [1.29, 1.82) is 0 Å². The van der Waals surface area contributed by atoms with E-state index in [9.17, 15) is 0 Å². The summed E-state index contributed by atoms with van der Waals surface area (Å²) in [5.74, 6) is 1.16. The van der Waals surface area contributed by atoms with Crippen molar-refractivity contribution in [3.63, 3.8) is 0 Å². The molecule has 0 bridgehead atoms. The van der Waals surface area contributed by atoms with Crippen LogP contribution in [0.25, 0.3) is 0 Å². The van der Waals surface area contributed by atoms with Gasteiger partial charge in [-0.1, -0.05) is 28.1 Å². The molecule has 0 aliphatic heterocycles. The molecule has 1 aromatic rings. The van der Waals surface area contributed by atoms with Crippen molar-refractivity contribution in [1.82, 2.24) is 0 Å². The predicted octanol–water partition coefficient (Wildman–Crippen LogP) is 5.05. The lowest BCUT2D eigenvalue weighted by Gasteiger charge is -2.21. The Balaban J connectivity index is 2.42. The average Bonchev–Trinajstić information content (AvgIpc) is 2.26. The summed E-state index contributed by atoms with van der Waals surface area (Å²) in [5.41, 5.74) is 1.26. The smallest absolute Gasteiger partial charge is 0.0598 e. The second kappa shape index (κ2) is 7.52. The van der Waals surface area contributed by atoms with Crippen molar-refractivity contribution < 1.29 is 4.74 Å². The Morgan fingerprint density at radius 1 is 1.33 bits per heavy atom. The highest BCUT2D eigenvalue weighted by atomic mass is 79.9. The Morgan fingerprint density at radius 2 is 2.06 bits per heavy atom. The monoisotopic (exact) mass is 332 g/mol. The minimum atomic E-state index is -0.0629. The number of benzene rings is 1. The van der Waals surface area contributed by atoms with Gasteiger partial charge in [-0.25, -0.2) is 0 Å². The molecule has 0 radical (unpaired) electrons. The molecule has 0 spiro atoms. The summed E-state index contributed by atoms with van der Waals surface area (Å²) in [5, 5.41) is 0. The van der Waals surface area contributed by atoms with Gasteiger partial charge in [0.2, 0.25) is 0 Å². The van der Waals surface area contributed by atoms with Crippen LogP contribution in [0.15, 0.2) is 28.7 Å². The van der Waals surface area contributed by atoms with Gasteiger partial charge in [-0.15, -0.1) is 11.6 Å². The van der Waals surface area contributed by atoms with Crippen molar-refractivity contribution in [2.45, 2.75) is 39.2 Å². The molecular weight excluding hydrogens is 312 g/mol. The molecule has 0 saturated heterocycles. The zero-order valence-corrected chi connectivity index (χ0v) is 13.7. The summed E-state index contributed by atoms with van der Waals surface area (Å²) in [6.45, 7) is 7.01. The lowest BCUT2D eigenvalue weighted by atomic mass is 9.98. The van der Waals surface area contributed by atoms with E-state index in [-0.39, 0.29) is 5.60 Å². The van der Waals surface area contributed by atoms with Gasteiger partial charge in [0.1, 0.15) is 0 Å². The van der Waals surface area contributed by atoms with Crippen LogP contribution in [-0.4, -0.2) is 18.1 Å². The second-order valence-corrected chi connectivity index (χ2v) is 6.83. The fraction of sp³-hybridized carbons (Fsp3) is 0.600. The third-order valence-corrected chi connectivity index (χ3v) is 3.62. The van der Waals surface area contributed by atoms with E-state index in [0.717, 1.165) is 23.9 Å². The average molecular weight is 334 g/mol. The standard InChI is InChI=1S/C15H22BrClO/c1-15(2,3)18-8-7-13(11-17)9-12-5-4-6-14(16)10-12/h4-6,10,13H,7-9,11H2,1-3H3. The first-order valence-corrected chi connectivity index (χ1v) is 7.68. The number of alkyl halides is 1. The van der Waals surface area contributed by atoms with Crippen molar-refractivity contribution in [3.8, 4) is 0 Å². The molecule has 3 heteroatoms. The molecule has 0 saturated carbocycles. The van der Waals surface area contributed by atoms with Crippen LogP contribution in [0.5, 0.6) is 0 Å². The molecular formula is C15H22BrClO. The van der Waals surface area contributed by atoms with Gasteiger partial charge in [0, 0.05) is 17.0 Å². The fourth-order valence-corrected chi connectivity index (χ4v) is 2.47. The maximum atomic E-state index is 6.04. The maximum absolute atomic E-state index is 6.04. The number of hydrogen-bond acceptors (Lipinski definition) is 1. The lowest BCUT2D eigenvalue weighted by Crippen LogP contribution is -2.21. The molecule has 1 nitrogen and oxygen atoms in total. The van der Waals surface area contributed by atoms with Gasteiger partial charge in [0.15, 0.2) is 0 Å². The largest absolute Gasteiger partial charge is 0.376 e. The zero-order valence-electron chi connectivity index (χ0n) is 11.4. The van der Waals surface area contributed by atoms with E-state index in [4.69, 9.17) is 16.3 Å². The first-order valence-electron chi connectivity index (χ1n) is 6.35. The van der Waals surface area contributed by atoms with E-state index in [1.165, 1.54) is 5.56 Å². The van der Waals surface area contributed by atoms with Gasteiger partial charge < -0.3 is 4.74 Å². The molecule has 1 aromatic carbocycles. The van der Waals surface area contributed by atoms with E-state index in [0.29, 0.717) is 11.8 Å². The minimum Gasteiger partial charge on any atom is -0.376 e. The van der Waals surface area contributed by atoms with Crippen LogP contribution >= 0.6 is 27.5 Å². The van der Waals surface area contributed by atoms with Gasteiger partial charge in [-0.3, -0.25) is 0 Å². The van der Waals surface area contributed by atoms with Crippen LogP contribution < -0.4 is 0 Å². The molecule has 1 rings (SSSR count). The van der Waals surface area contributed by atoms with Crippen LogP contribution in [-0.2, 0) is 11.2 Å². The van der Waals surface area contributed by atoms with E-state index < -0.39 is 0 Å². The van der Waals surface area contributed by atoms with Gasteiger partial charge in [0.05, 0.1) is 5.60 Å². The Kier molecular flexibility index (Phi) is 6.68. The van der Waals surface area contributed by atoms with Crippen LogP contribution in [0, 0.1) is 5.92 Å². The summed E-state index contributed by atoms with van der Waals surface area (Å²) >= 11 is 9.54. The van der Waals surface area contributed by atoms with Crippen LogP contribution in [0.3, 0.4) is 0 Å². The summed E-state index contributed by atoms with van der Waals surface area (Å²) in [4.78, 5) is 0. The molecule has 0 aliphatic carbocycles. The van der Waals surface area contributed by atoms with E-state index in [2.05, 4.69) is 54.9 Å². The van der Waals surface area contributed by atoms with Crippen LogP contribution in [0.2, 0.25) is 0 Å². The molecule has 0 heterocycles. The summed E-state index contributed by atoms with van der Waals surface area (Å²) in [7, 11) is 0. The van der Waals surface area contributed by atoms with Crippen molar-refractivity contribution >= 4 is 27.5 Å². The normalized spacial score (nSPS) is 13.6. The second-order valence-electron chi connectivity index (χ2n) is 5.60. The molecule has 1 unspecified atom stereocenters. The van der Waals surface area contributed by atoms with Crippen LogP contribution in [0.4, 0.5) is 0 Å². The van der Waals surface area contributed by atoms with Gasteiger partial charge in [-0.05, 0) is 57.2 Å². The number of rotatable bonds is 6. The highest BCUT2D eigenvalue weighted by Crippen LogP contribution is 2.19. The molecule has 0 aliphatic rings. The van der Waals surface area contributed by atoms with Crippen molar-refractivity contribution in [2.75, 3.05) is 12.5 Å². The van der Waals surface area contributed by atoms with Gasteiger partial charge >= 0.3 is 0 Å². The number of halogens is 2. The van der Waals surface area contributed by atoms with E-state index >= 15 is 0 Å². The first-order chi connectivity index (χ1) is 8.40. The number of hydrogen-bond donors (Lipinski definition) is 0. The number of ether oxygens (including phenoxy) is 1. The fourth-order valence-electron chi connectivity index (χ4n) is 1.76. The quantitative estimate of drug-likeness (QED) is 0.662. The molecule has 102 valence electrons. The lowest BCUT2D eigenvalue weighted by molar-refractivity contribution is -0.00831. The summed E-state index contributed by atoms with van der Waals surface area (Å²) in [6.07, 6.45) is 2.02. The van der Waals surface area contributed by atoms with Crippen molar-refractivity contribution in [2.24, 2.45) is 5.92 Å². The third-order valence-electron chi connectivity index (χ3n) is 2.69. The molecule has 1 atom stereocenters. The highest BCUT2D eigenvalue weighted by molar-refractivity contribution is 9.10. The van der Waals surface area contributed by atoms with Gasteiger partial charge in [-0.2, -0.15) is 0 Å².